The maximum atomic E-state index is 11.9. The van der Waals surface area contributed by atoms with Gasteiger partial charge in [-0.3, -0.25) is 0 Å². The molecule has 0 fully saturated rings. The van der Waals surface area contributed by atoms with Gasteiger partial charge in [-0.2, -0.15) is 0 Å². The van der Waals surface area contributed by atoms with Crippen LogP contribution in [0.15, 0.2) is 23.6 Å². The number of nitrogens with zero attached hydrogens (tertiary/aromatic N) is 1. The third-order valence-corrected chi connectivity index (χ3v) is 3.72. The van der Waals surface area contributed by atoms with Crippen molar-refractivity contribution in [2.75, 3.05) is 24.2 Å². The lowest BCUT2D eigenvalue weighted by Gasteiger charge is -2.11. The molecule has 2 aromatic rings. The van der Waals surface area contributed by atoms with Gasteiger partial charge in [0.05, 0.1) is 22.9 Å². The van der Waals surface area contributed by atoms with Gasteiger partial charge in [0.2, 0.25) is 0 Å². The Morgan fingerprint density at radius 1 is 1.48 bits per heavy atom. The minimum absolute atomic E-state index is 0.338. The average Bonchev–Trinajstić information content (AvgIpc) is 2.86. The van der Waals surface area contributed by atoms with E-state index < -0.39 is 0 Å². The number of esters is 1. The topological polar surface area (TPSA) is 77.2 Å². The zero-order valence-corrected chi connectivity index (χ0v) is 13.0. The molecule has 5 nitrogen and oxygen atoms in total. The number of ether oxygens (including phenoxy) is 1. The van der Waals surface area contributed by atoms with E-state index in [4.69, 9.17) is 10.5 Å². The van der Waals surface area contributed by atoms with E-state index in [0.29, 0.717) is 24.4 Å². The molecule has 1 aromatic heterocycles. The lowest BCUT2D eigenvalue weighted by Crippen LogP contribution is -2.12. The second kappa shape index (κ2) is 7.08. The Hall–Kier alpha value is -2.08. The maximum Gasteiger partial charge on any atom is 0.340 e. The number of nitrogens with two attached hydrogens (primary N) is 1. The van der Waals surface area contributed by atoms with Gasteiger partial charge in [-0.25, -0.2) is 9.78 Å². The molecule has 0 spiro atoms. The Kier molecular flexibility index (Phi) is 5.16. The molecule has 2 rings (SSSR count). The van der Waals surface area contributed by atoms with Crippen LogP contribution in [0.25, 0.3) is 0 Å². The number of nitrogen functional groups attached to an aromatic ring is 1. The molecule has 0 unspecified atom stereocenters. The van der Waals surface area contributed by atoms with Crippen molar-refractivity contribution in [3.05, 3.63) is 39.8 Å². The summed E-state index contributed by atoms with van der Waals surface area (Å²) in [4.78, 5) is 16.3. The van der Waals surface area contributed by atoms with Gasteiger partial charge in [0.15, 0.2) is 0 Å². The highest BCUT2D eigenvalue weighted by Crippen LogP contribution is 2.20. The SMILES string of the molecule is CCOC(=O)c1cc(N)ccc1NCCc1csc(C)n1. The summed E-state index contributed by atoms with van der Waals surface area (Å²) in [5, 5.41) is 6.35. The van der Waals surface area contributed by atoms with E-state index in [2.05, 4.69) is 10.3 Å². The van der Waals surface area contributed by atoms with Crippen molar-refractivity contribution in [1.82, 2.24) is 4.98 Å². The fourth-order valence-electron chi connectivity index (χ4n) is 1.94. The minimum atomic E-state index is -0.364. The number of aryl methyl sites for hydroxylation is 1. The molecule has 0 aliphatic carbocycles. The van der Waals surface area contributed by atoms with Crippen LogP contribution < -0.4 is 11.1 Å². The predicted octanol–water partition coefficient (Wildman–Crippen LogP) is 2.87. The van der Waals surface area contributed by atoms with Gasteiger partial charge >= 0.3 is 5.97 Å². The summed E-state index contributed by atoms with van der Waals surface area (Å²) in [5.41, 5.74) is 8.53. The number of hydrogen-bond acceptors (Lipinski definition) is 6. The van der Waals surface area contributed by atoms with E-state index in [9.17, 15) is 4.79 Å². The Morgan fingerprint density at radius 2 is 2.29 bits per heavy atom. The van der Waals surface area contributed by atoms with Gasteiger partial charge < -0.3 is 15.8 Å². The van der Waals surface area contributed by atoms with Crippen molar-refractivity contribution in [3.8, 4) is 0 Å². The monoisotopic (exact) mass is 305 g/mol. The zero-order valence-electron chi connectivity index (χ0n) is 12.2. The van der Waals surface area contributed by atoms with Crippen molar-refractivity contribution in [3.63, 3.8) is 0 Å². The molecule has 3 N–H and O–H groups in total. The molecule has 0 amide bonds. The molecular formula is C15H19N3O2S. The number of anilines is 2. The summed E-state index contributed by atoms with van der Waals surface area (Å²) in [6, 6.07) is 5.19. The van der Waals surface area contributed by atoms with Gasteiger partial charge in [0.1, 0.15) is 0 Å². The molecule has 0 saturated carbocycles. The first-order chi connectivity index (χ1) is 10.1. The first kappa shape index (κ1) is 15.3. The quantitative estimate of drug-likeness (QED) is 0.634. The molecule has 0 aliphatic rings. The van der Waals surface area contributed by atoms with Crippen LogP contribution in [-0.2, 0) is 11.2 Å². The summed E-state index contributed by atoms with van der Waals surface area (Å²) in [5.74, 6) is -0.364. The third kappa shape index (κ3) is 4.19. The number of carbonyl (C=O) groups excluding carboxylic acids is 1. The Morgan fingerprint density at radius 3 is 2.95 bits per heavy atom. The highest BCUT2D eigenvalue weighted by Gasteiger charge is 2.12. The summed E-state index contributed by atoms with van der Waals surface area (Å²) < 4.78 is 5.05. The molecule has 0 atom stereocenters. The molecule has 1 heterocycles. The number of nitrogens with one attached hydrogen (secondary N) is 1. The standard InChI is InChI=1S/C15H19N3O2S/c1-3-20-15(19)13-8-11(16)4-5-14(13)17-7-6-12-9-21-10(2)18-12/h4-5,8-9,17H,3,6-7,16H2,1-2H3. The lowest BCUT2D eigenvalue weighted by molar-refractivity contribution is 0.0527. The van der Waals surface area contributed by atoms with E-state index in [0.717, 1.165) is 22.8 Å². The number of thiazole rings is 1. The summed E-state index contributed by atoms with van der Waals surface area (Å²) in [7, 11) is 0. The van der Waals surface area contributed by atoms with Crippen LogP contribution in [0.4, 0.5) is 11.4 Å². The van der Waals surface area contributed by atoms with Crippen molar-refractivity contribution in [2.45, 2.75) is 20.3 Å². The van der Waals surface area contributed by atoms with Gasteiger partial charge in [-0.1, -0.05) is 0 Å². The molecule has 0 radical (unpaired) electrons. The van der Waals surface area contributed by atoms with Crippen molar-refractivity contribution in [2.24, 2.45) is 0 Å². The van der Waals surface area contributed by atoms with Crippen LogP contribution in [0.2, 0.25) is 0 Å². The number of hydrogen-bond donors (Lipinski definition) is 2. The first-order valence-electron chi connectivity index (χ1n) is 6.81. The lowest BCUT2D eigenvalue weighted by atomic mass is 10.1. The van der Waals surface area contributed by atoms with Crippen LogP contribution in [0.1, 0.15) is 28.0 Å². The molecule has 1 aromatic carbocycles. The van der Waals surface area contributed by atoms with Gasteiger partial charge in [0, 0.05) is 29.7 Å². The Bertz CT molecular complexity index is 625. The second-order valence-electron chi connectivity index (χ2n) is 4.56. The Labute approximate surface area is 128 Å². The number of rotatable bonds is 6. The van der Waals surface area contributed by atoms with Gasteiger partial charge in [-0.05, 0) is 32.0 Å². The summed E-state index contributed by atoms with van der Waals surface area (Å²) in [6.07, 6.45) is 0.803. The van der Waals surface area contributed by atoms with Crippen LogP contribution in [0.3, 0.4) is 0 Å². The van der Waals surface area contributed by atoms with Crippen LogP contribution in [-0.4, -0.2) is 24.1 Å². The zero-order chi connectivity index (χ0) is 15.2. The van der Waals surface area contributed by atoms with Gasteiger partial charge in [0.25, 0.3) is 0 Å². The summed E-state index contributed by atoms with van der Waals surface area (Å²) >= 11 is 1.64. The smallest absolute Gasteiger partial charge is 0.340 e. The van der Waals surface area contributed by atoms with Crippen LogP contribution in [0, 0.1) is 6.92 Å². The van der Waals surface area contributed by atoms with Crippen LogP contribution >= 0.6 is 11.3 Å². The second-order valence-corrected chi connectivity index (χ2v) is 5.62. The van der Waals surface area contributed by atoms with E-state index >= 15 is 0 Å². The molecule has 6 heteroatoms. The van der Waals surface area contributed by atoms with Crippen molar-refractivity contribution < 1.29 is 9.53 Å². The van der Waals surface area contributed by atoms with Crippen molar-refractivity contribution in [1.29, 1.82) is 0 Å². The van der Waals surface area contributed by atoms with Gasteiger partial charge in [-0.15, -0.1) is 11.3 Å². The maximum absolute atomic E-state index is 11.9. The first-order valence-corrected chi connectivity index (χ1v) is 7.69. The predicted molar refractivity (Wildman–Crippen MR) is 85.9 cm³/mol. The Balaban J connectivity index is 2.03. The highest BCUT2D eigenvalue weighted by molar-refractivity contribution is 7.09. The number of aromatic nitrogens is 1. The summed E-state index contributed by atoms with van der Waals surface area (Å²) in [6.45, 7) is 4.80. The highest BCUT2D eigenvalue weighted by atomic mass is 32.1. The normalized spacial score (nSPS) is 10.4. The molecular weight excluding hydrogens is 286 g/mol. The fraction of sp³-hybridized carbons (Fsp3) is 0.333. The number of benzene rings is 1. The van der Waals surface area contributed by atoms with E-state index in [-0.39, 0.29) is 5.97 Å². The molecule has 21 heavy (non-hydrogen) atoms. The number of carbonyl (C=O) groups is 1. The molecule has 0 saturated heterocycles. The van der Waals surface area contributed by atoms with Crippen molar-refractivity contribution >= 4 is 28.7 Å². The fourth-order valence-corrected chi connectivity index (χ4v) is 2.59. The van der Waals surface area contributed by atoms with Crippen LogP contribution in [0.5, 0.6) is 0 Å². The average molecular weight is 305 g/mol. The molecule has 0 aliphatic heterocycles. The molecule has 0 bridgehead atoms. The third-order valence-electron chi connectivity index (χ3n) is 2.90. The van der Waals surface area contributed by atoms with E-state index in [1.807, 2.05) is 12.3 Å². The molecule has 112 valence electrons. The largest absolute Gasteiger partial charge is 0.462 e. The van der Waals surface area contributed by atoms with E-state index in [1.165, 1.54) is 0 Å². The minimum Gasteiger partial charge on any atom is -0.462 e. The van der Waals surface area contributed by atoms with E-state index in [1.54, 1.807) is 36.5 Å².